The topological polar surface area (TPSA) is 32.3 Å². The summed E-state index contributed by atoms with van der Waals surface area (Å²) in [5.74, 6) is 1.13. The Morgan fingerprint density at radius 2 is 1.95 bits per heavy atom. The summed E-state index contributed by atoms with van der Waals surface area (Å²) in [6.45, 7) is 2.93. The fourth-order valence-electron chi connectivity index (χ4n) is 3.26. The van der Waals surface area contributed by atoms with E-state index >= 15 is 0 Å². The molecule has 22 heavy (non-hydrogen) atoms. The molecule has 0 radical (unpaired) electrons. The summed E-state index contributed by atoms with van der Waals surface area (Å²) in [7, 11) is 0. The summed E-state index contributed by atoms with van der Waals surface area (Å²) in [5, 5.41) is 6.79. The maximum atomic E-state index is 12.8. The molecule has 0 bridgehead atoms. The smallest absolute Gasteiger partial charge is 0.255 e. The van der Waals surface area contributed by atoms with Gasteiger partial charge in [-0.05, 0) is 44.2 Å². The Morgan fingerprint density at radius 3 is 2.73 bits per heavy atom. The average molecular weight is 314 g/mol. The van der Waals surface area contributed by atoms with Gasteiger partial charge in [-0.25, -0.2) is 0 Å². The van der Waals surface area contributed by atoms with E-state index in [1.165, 1.54) is 24.1 Å². The lowest BCUT2D eigenvalue weighted by atomic mass is 10.0. The van der Waals surface area contributed by atoms with E-state index in [1.807, 2.05) is 22.4 Å². The average Bonchev–Trinajstić information content (AvgIpc) is 3.30. The van der Waals surface area contributed by atoms with Gasteiger partial charge in [-0.1, -0.05) is 18.2 Å². The van der Waals surface area contributed by atoms with Crippen LogP contribution < -0.4 is 5.32 Å². The lowest BCUT2D eigenvalue weighted by Crippen LogP contribution is -2.45. The molecule has 1 aromatic heterocycles. The van der Waals surface area contributed by atoms with Crippen LogP contribution in [-0.4, -0.2) is 36.5 Å². The Balaban J connectivity index is 1.39. The van der Waals surface area contributed by atoms with Gasteiger partial charge in [0.1, 0.15) is 0 Å². The van der Waals surface area contributed by atoms with E-state index in [2.05, 4.69) is 17.4 Å². The van der Waals surface area contributed by atoms with E-state index in [-0.39, 0.29) is 5.91 Å². The number of amides is 1. The molecule has 0 unspecified atom stereocenters. The molecule has 4 heteroatoms. The highest BCUT2D eigenvalue weighted by molar-refractivity contribution is 7.17. The highest BCUT2D eigenvalue weighted by Gasteiger charge is 2.27. The molecule has 2 aromatic rings. The second kappa shape index (κ2) is 6.01. The minimum atomic E-state index is 0.207. The van der Waals surface area contributed by atoms with E-state index in [1.54, 1.807) is 11.3 Å². The molecule has 2 fully saturated rings. The number of carbonyl (C=O) groups is 1. The predicted molar refractivity (Wildman–Crippen MR) is 91.5 cm³/mol. The largest absolute Gasteiger partial charge is 0.338 e. The highest BCUT2D eigenvalue weighted by atomic mass is 32.1. The Kier molecular flexibility index (Phi) is 3.89. The number of hydrogen-bond donors (Lipinski definition) is 1. The Morgan fingerprint density at radius 1 is 1.18 bits per heavy atom. The lowest BCUT2D eigenvalue weighted by Gasteiger charge is -2.32. The Hall–Kier alpha value is -1.39. The number of rotatable bonds is 4. The van der Waals surface area contributed by atoms with Gasteiger partial charge in [-0.3, -0.25) is 4.79 Å². The first-order chi connectivity index (χ1) is 10.8. The van der Waals surface area contributed by atoms with Crippen molar-refractivity contribution in [3.63, 3.8) is 0 Å². The van der Waals surface area contributed by atoms with Crippen molar-refractivity contribution < 1.29 is 4.79 Å². The SMILES string of the molecule is O=C(c1csc2ccccc12)N1CCC(NCC2CC2)CC1. The number of piperidine rings is 1. The molecule has 3 nitrogen and oxygen atoms in total. The summed E-state index contributed by atoms with van der Waals surface area (Å²) in [5.41, 5.74) is 0.880. The van der Waals surface area contributed by atoms with Gasteiger partial charge in [0.05, 0.1) is 5.56 Å². The van der Waals surface area contributed by atoms with Crippen molar-refractivity contribution in [3.05, 3.63) is 35.2 Å². The van der Waals surface area contributed by atoms with Gasteiger partial charge in [0.2, 0.25) is 0 Å². The number of thiophene rings is 1. The molecule has 1 N–H and O–H groups in total. The summed E-state index contributed by atoms with van der Waals surface area (Å²) in [6, 6.07) is 8.79. The summed E-state index contributed by atoms with van der Waals surface area (Å²) >= 11 is 1.67. The normalized spacial score (nSPS) is 19.7. The van der Waals surface area contributed by atoms with E-state index in [4.69, 9.17) is 0 Å². The van der Waals surface area contributed by atoms with E-state index < -0.39 is 0 Å². The van der Waals surface area contributed by atoms with Crippen molar-refractivity contribution in [2.75, 3.05) is 19.6 Å². The number of benzene rings is 1. The van der Waals surface area contributed by atoms with Crippen molar-refractivity contribution in [1.82, 2.24) is 10.2 Å². The zero-order valence-corrected chi connectivity index (χ0v) is 13.6. The molecule has 116 valence electrons. The highest BCUT2D eigenvalue weighted by Crippen LogP contribution is 2.29. The molecule has 2 heterocycles. The first kappa shape index (κ1) is 14.2. The zero-order valence-electron chi connectivity index (χ0n) is 12.8. The number of fused-ring (bicyclic) bond motifs is 1. The van der Waals surface area contributed by atoms with Crippen LogP contribution in [-0.2, 0) is 0 Å². The quantitative estimate of drug-likeness (QED) is 0.936. The van der Waals surface area contributed by atoms with Crippen LogP contribution in [0.15, 0.2) is 29.6 Å². The Labute approximate surface area is 135 Å². The summed E-state index contributed by atoms with van der Waals surface area (Å²) < 4.78 is 1.20. The maximum Gasteiger partial charge on any atom is 0.255 e. The predicted octanol–water partition coefficient (Wildman–Crippen LogP) is 3.51. The molecular formula is C18H22N2OS. The number of likely N-dealkylation sites (tertiary alicyclic amines) is 1. The second-order valence-corrected chi connectivity index (χ2v) is 7.47. The molecular weight excluding hydrogens is 292 g/mol. The van der Waals surface area contributed by atoms with Gasteiger partial charge >= 0.3 is 0 Å². The van der Waals surface area contributed by atoms with Crippen LogP contribution >= 0.6 is 11.3 Å². The maximum absolute atomic E-state index is 12.8. The zero-order chi connectivity index (χ0) is 14.9. The number of hydrogen-bond acceptors (Lipinski definition) is 3. The van der Waals surface area contributed by atoms with Crippen molar-refractivity contribution in [1.29, 1.82) is 0 Å². The van der Waals surface area contributed by atoms with Gasteiger partial charge < -0.3 is 10.2 Å². The third kappa shape index (κ3) is 2.90. The molecule has 0 spiro atoms. The fourth-order valence-corrected chi connectivity index (χ4v) is 4.19. The van der Waals surface area contributed by atoms with Crippen molar-refractivity contribution in [3.8, 4) is 0 Å². The minimum absolute atomic E-state index is 0.207. The van der Waals surface area contributed by atoms with Crippen molar-refractivity contribution >= 4 is 27.3 Å². The summed E-state index contributed by atoms with van der Waals surface area (Å²) in [6.07, 6.45) is 4.96. The van der Waals surface area contributed by atoms with E-state index in [0.29, 0.717) is 6.04 Å². The standard InChI is InChI=1S/C18H22N2OS/c21-18(16-12-22-17-4-2-1-3-15(16)17)20-9-7-14(8-10-20)19-11-13-5-6-13/h1-4,12-14,19H,5-11H2. The van der Waals surface area contributed by atoms with Gasteiger partial charge in [-0.15, -0.1) is 11.3 Å². The molecule has 4 rings (SSSR count). The molecule has 0 atom stereocenters. The third-order valence-electron chi connectivity index (χ3n) is 4.89. The van der Waals surface area contributed by atoms with Gasteiger partial charge in [0, 0.05) is 34.6 Å². The number of carbonyl (C=O) groups excluding carboxylic acids is 1. The molecule has 1 saturated carbocycles. The molecule has 2 aliphatic rings. The molecule has 1 saturated heterocycles. The number of nitrogens with one attached hydrogen (secondary N) is 1. The van der Waals surface area contributed by atoms with Gasteiger partial charge in [0.15, 0.2) is 0 Å². The second-order valence-electron chi connectivity index (χ2n) is 6.56. The lowest BCUT2D eigenvalue weighted by molar-refractivity contribution is 0.0707. The van der Waals surface area contributed by atoms with Gasteiger partial charge in [-0.2, -0.15) is 0 Å². The van der Waals surface area contributed by atoms with Crippen LogP contribution in [0, 0.1) is 5.92 Å². The first-order valence-corrected chi connectivity index (χ1v) is 9.18. The van der Waals surface area contributed by atoms with Crippen LogP contribution in [0.25, 0.3) is 10.1 Å². The van der Waals surface area contributed by atoms with Crippen molar-refractivity contribution in [2.24, 2.45) is 5.92 Å². The first-order valence-electron chi connectivity index (χ1n) is 8.30. The van der Waals surface area contributed by atoms with Crippen LogP contribution in [0.4, 0.5) is 0 Å². The van der Waals surface area contributed by atoms with Crippen LogP contribution in [0.3, 0.4) is 0 Å². The van der Waals surface area contributed by atoms with Crippen LogP contribution in [0.2, 0.25) is 0 Å². The van der Waals surface area contributed by atoms with Crippen LogP contribution in [0.1, 0.15) is 36.0 Å². The third-order valence-corrected chi connectivity index (χ3v) is 5.85. The molecule has 1 aliphatic carbocycles. The van der Waals surface area contributed by atoms with E-state index in [9.17, 15) is 4.79 Å². The monoisotopic (exact) mass is 314 g/mol. The molecule has 1 aromatic carbocycles. The van der Waals surface area contributed by atoms with Crippen molar-refractivity contribution in [2.45, 2.75) is 31.7 Å². The minimum Gasteiger partial charge on any atom is -0.338 e. The Bertz CT molecular complexity index is 669. The van der Waals surface area contributed by atoms with Crippen LogP contribution in [0.5, 0.6) is 0 Å². The van der Waals surface area contributed by atoms with E-state index in [0.717, 1.165) is 42.8 Å². The number of nitrogens with zero attached hydrogens (tertiary/aromatic N) is 1. The summed E-state index contributed by atoms with van der Waals surface area (Å²) in [4.78, 5) is 14.8. The molecule has 1 amide bonds. The fraction of sp³-hybridized carbons (Fsp3) is 0.500. The van der Waals surface area contributed by atoms with Gasteiger partial charge in [0.25, 0.3) is 5.91 Å². The molecule has 1 aliphatic heterocycles.